The Hall–Kier alpha value is -2.75. The Morgan fingerprint density at radius 1 is 1.10 bits per heavy atom. The first-order valence-electron chi connectivity index (χ1n) is 6.76. The number of aromatic hydroxyl groups is 1. The van der Waals surface area contributed by atoms with Crippen LogP contribution in [0.3, 0.4) is 0 Å². The van der Waals surface area contributed by atoms with Gasteiger partial charge in [-0.25, -0.2) is 0 Å². The molecule has 0 bridgehead atoms. The SMILES string of the molecule is N=C(N)c1ccc(CCc2coc3cccc(O)c23)cc1. The highest BCUT2D eigenvalue weighted by Gasteiger charge is 2.09. The minimum Gasteiger partial charge on any atom is -0.507 e. The summed E-state index contributed by atoms with van der Waals surface area (Å²) in [5.74, 6) is 0.329. The van der Waals surface area contributed by atoms with Gasteiger partial charge in [0.2, 0.25) is 0 Å². The number of benzene rings is 2. The third-order valence-electron chi connectivity index (χ3n) is 3.60. The normalized spacial score (nSPS) is 10.9. The van der Waals surface area contributed by atoms with Crippen LogP contribution in [-0.4, -0.2) is 10.9 Å². The predicted molar refractivity (Wildman–Crippen MR) is 82.7 cm³/mol. The first kappa shape index (κ1) is 13.2. The number of nitrogen functional groups attached to an aromatic ring is 1. The lowest BCUT2D eigenvalue weighted by Gasteiger charge is -2.03. The number of hydrogen-bond donors (Lipinski definition) is 3. The summed E-state index contributed by atoms with van der Waals surface area (Å²) in [5, 5.41) is 18.1. The number of amidine groups is 1. The molecule has 3 aromatic rings. The molecule has 106 valence electrons. The molecule has 0 aliphatic heterocycles. The van der Waals surface area contributed by atoms with E-state index in [1.165, 1.54) is 0 Å². The van der Waals surface area contributed by atoms with Crippen LogP contribution in [0.15, 0.2) is 53.1 Å². The number of aryl methyl sites for hydroxylation is 2. The Morgan fingerprint density at radius 2 is 1.86 bits per heavy atom. The van der Waals surface area contributed by atoms with Crippen molar-refractivity contribution >= 4 is 16.8 Å². The van der Waals surface area contributed by atoms with Crippen molar-refractivity contribution in [2.24, 2.45) is 5.73 Å². The van der Waals surface area contributed by atoms with Gasteiger partial charge in [-0.3, -0.25) is 5.41 Å². The van der Waals surface area contributed by atoms with Crippen molar-refractivity contribution in [1.29, 1.82) is 5.41 Å². The van der Waals surface area contributed by atoms with Crippen LogP contribution in [0, 0.1) is 5.41 Å². The number of fused-ring (bicyclic) bond motifs is 1. The van der Waals surface area contributed by atoms with Gasteiger partial charge in [0.25, 0.3) is 0 Å². The fraction of sp³-hybridized carbons (Fsp3) is 0.118. The lowest BCUT2D eigenvalue weighted by Crippen LogP contribution is -2.10. The molecule has 1 heterocycles. The van der Waals surface area contributed by atoms with Gasteiger partial charge in [-0.15, -0.1) is 0 Å². The van der Waals surface area contributed by atoms with Crippen molar-refractivity contribution in [3.63, 3.8) is 0 Å². The van der Waals surface area contributed by atoms with Crippen LogP contribution in [0.25, 0.3) is 11.0 Å². The van der Waals surface area contributed by atoms with Crippen molar-refractivity contribution in [2.45, 2.75) is 12.8 Å². The van der Waals surface area contributed by atoms with E-state index >= 15 is 0 Å². The summed E-state index contributed by atoms with van der Waals surface area (Å²) in [6.07, 6.45) is 3.32. The smallest absolute Gasteiger partial charge is 0.137 e. The van der Waals surface area contributed by atoms with Gasteiger partial charge < -0.3 is 15.3 Å². The van der Waals surface area contributed by atoms with Crippen molar-refractivity contribution < 1.29 is 9.52 Å². The van der Waals surface area contributed by atoms with Crippen LogP contribution < -0.4 is 5.73 Å². The van der Waals surface area contributed by atoms with Crippen molar-refractivity contribution in [3.05, 3.63) is 65.4 Å². The quantitative estimate of drug-likeness (QED) is 0.507. The zero-order valence-corrected chi connectivity index (χ0v) is 11.5. The summed E-state index contributed by atoms with van der Waals surface area (Å²) in [6, 6.07) is 12.9. The monoisotopic (exact) mass is 280 g/mol. The van der Waals surface area contributed by atoms with Gasteiger partial charge in [0.05, 0.1) is 11.6 Å². The summed E-state index contributed by atoms with van der Waals surface area (Å²) >= 11 is 0. The van der Waals surface area contributed by atoms with E-state index in [1.54, 1.807) is 18.4 Å². The molecule has 0 spiro atoms. The van der Waals surface area contributed by atoms with Gasteiger partial charge in [-0.05, 0) is 30.5 Å². The second kappa shape index (κ2) is 5.32. The molecule has 0 radical (unpaired) electrons. The van der Waals surface area contributed by atoms with Crippen LogP contribution in [0.4, 0.5) is 0 Å². The largest absolute Gasteiger partial charge is 0.507 e. The average Bonchev–Trinajstić information content (AvgIpc) is 2.90. The maximum Gasteiger partial charge on any atom is 0.137 e. The maximum atomic E-state index is 9.94. The Balaban J connectivity index is 1.79. The standard InChI is InChI=1S/C17H16N2O2/c18-17(19)12-7-4-11(5-8-12)6-9-13-10-21-15-3-1-2-14(20)16(13)15/h1-5,7-8,10,20H,6,9H2,(H3,18,19). The van der Waals surface area contributed by atoms with Gasteiger partial charge in [0, 0.05) is 11.1 Å². The predicted octanol–water partition coefficient (Wildman–Crippen LogP) is 3.21. The molecule has 0 unspecified atom stereocenters. The highest BCUT2D eigenvalue weighted by atomic mass is 16.3. The van der Waals surface area contributed by atoms with E-state index in [0.717, 1.165) is 34.9 Å². The van der Waals surface area contributed by atoms with Crippen molar-refractivity contribution in [3.8, 4) is 5.75 Å². The number of phenolic OH excluding ortho intramolecular Hbond substituents is 1. The summed E-state index contributed by atoms with van der Waals surface area (Å²) in [5.41, 5.74) is 9.03. The number of nitrogens with one attached hydrogen (secondary N) is 1. The number of phenols is 1. The van der Waals surface area contributed by atoms with Crippen LogP contribution in [0.5, 0.6) is 5.75 Å². The first-order valence-corrected chi connectivity index (χ1v) is 6.76. The lowest BCUT2D eigenvalue weighted by molar-refractivity contribution is 0.481. The third kappa shape index (κ3) is 2.60. The van der Waals surface area contributed by atoms with Crippen LogP contribution in [0.1, 0.15) is 16.7 Å². The molecule has 3 rings (SSSR count). The highest BCUT2D eigenvalue weighted by molar-refractivity contribution is 5.94. The average molecular weight is 280 g/mol. The second-order valence-electron chi connectivity index (χ2n) is 5.02. The number of nitrogens with two attached hydrogens (primary N) is 1. The molecule has 0 fully saturated rings. The van der Waals surface area contributed by atoms with Gasteiger partial charge in [-0.1, -0.05) is 30.3 Å². The Labute approximate surface area is 122 Å². The van der Waals surface area contributed by atoms with Crippen LogP contribution >= 0.6 is 0 Å². The van der Waals surface area contributed by atoms with Crippen LogP contribution in [-0.2, 0) is 12.8 Å². The third-order valence-corrected chi connectivity index (χ3v) is 3.60. The minimum atomic E-state index is 0.0762. The lowest BCUT2D eigenvalue weighted by atomic mass is 10.0. The number of rotatable bonds is 4. The van der Waals surface area contributed by atoms with E-state index in [0.29, 0.717) is 5.58 Å². The number of furan rings is 1. The second-order valence-corrected chi connectivity index (χ2v) is 5.02. The molecule has 21 heavy (non-hydrogen) atoms. The van der Waals surface area contributed by atoms with E-state index < -0.39 is 0 Å². The molecule has 0 amide bonds. The maximum absolute atomic E-state index is 9.94. The molecule has 4 heteroatoms. The van der Waals surface area contributed by atoms with Crippen molar-refractivity contribution in [2.75, 3.05) is 0 Å². The molecular weight excluding hydrogens is 264 g/mol. The molecular formula is C17H16N2O2. The van der Waals surface area contributed by atoms with Crippen molar-refractivity contribution in [1.82, 2.24) is 0 Å². The topological polar surface area (TPSA) is 83.2 Å². The van der Waals surface area contributed by atoms with E-state index in [4.69, 9.17) is 15.6 Å². The molecule has 4 nitrogen and oxygen atoms in total. The molecule has 4 N–H and O–H groups in total. The molecule has 0 aliphatic carbocycles. The van der Waals surface area contributed by atoms with Crippen LogP contribution in [0.2, 0.25) is 0 Å². The minimum absolute atomic E-state index is 0.0762. The Kier molecular flexibility index (Phi) is 3.36. The van der Waals surface area contributed by atoms with Gasteiger partial charge in [0.15, 0.2) is 0 Å². The number of hydrogen-bond acceptors (Lipinski definition) is 3. The fourth-order valence-electron chi connectivity index (χ4n) is 2.45. The zero-order chi connectivity index (χ0) is 14.8. The molecule has 2 aromatic carbocycles. The Morgan fingerprint density at radius 3 is 2.57 bits per heavy atom. The molecule has 0 atom stereocenters. The first-order chi connectivity index (χ1) is 10.1. The molecule has 0 aliphatic rings. The Bertz CT molecular complexity index is 788. The van der Waals surface area contributed by atoms with E-state index in [9.17, 15) is 5.11 Å². The summed E-state index contributed by atoms with van der Waals surface area (Å²) < 4.78 is 5.46. The van der Waals surface area contributed by atoms with Gasteiger partial charge in [-0.2, -0.15) is 0 Å². The van der Waals surface area contributed by atoms with E-state index in [2.05, 4.69) is 0 Å². The fourth-order valence-corrected chi connectivity index (χ4v) is 2.45. The molecule has 0 saturated heterocycles. The van der Waals surface area contributed by atoms with E-state index in [1.807, 2.05) is 30.3 Å². The summed E-state index contributed by atoms with van der Waals surface area (Å²) in [4.78, 5) is 0. The molecule has 0 saturated carbocycles. The summed E-state index contributed by atoms with van der Waals surface area (Å²) in [6.45, 7) is 0. The van der Waals surface area contributed by atoms with Gasteiger partial charge >= 0.3 is 0 Å². The summed E-state index contributed by atoms with van der Waals surface area (Å²) in [7, 11) is 0. The molecule has 1 aromatic heterocycles. The van der Waals surface area contributed by atoms with E-state index in [-0.39, 0.29) is 11.6 Å². The zero-order valence-electron chi connectivity index (χ0n) is 11.5. The van der Waals surface area contributed by atoms with Gasteiger partial charge in [0.1, 0.15) is 17.2 Å². The highest BCUT2D eigenvalue weighted by Crippen LogP contribution is 2.30.